The fourth-order valence-electron chi connectivity index (χ4n) is 2.82. The van der Waals surface area contributed by atoms with E-state index in [0.29, 0.717) is 0 Å². The van der Waals surface area contributed by atoms with Crippen LogP contribution < -0.4 is 5.32 Å². The molecule has 0 spiro atoms. The van der Waals surface area contributed by atoms with Gasteiger partial charge in [-0.25, -0.2) is 4.98 Å². The third kappa shape index (κ3) is 2.93. The Hall–Kier alpha value is -0.870. The lowest BCUT2D eigenvalue weighted by Gasteiger charge is -2.15. The Balaban J connectivity index is 1.53. The molecule has 100 valence electrons. The molecule has 1 aromatic heterocycles. The van der Waals surface area contributed by atoms with Gasteiger partial charge in [0.15, 0.2) is 0 Å². The van der Waals surface area contributed by atoms with Crippen LogP contribution in [0.4, 0.5) is 0 Å². The van der Waals surface area contributed by atoms with Gasteiger partial charge in [-0.1, -0.05) is 6.92 Å². The first kappa shape index (κ1) is 12.2. The minimum atomic E-state index is 0.774. The first-order valence-corrected chi connectivity index (χ1v) is 7.30. The van der Waals surface area contributed by atoms with Gasteiger partial charge in [0.2, 0.25) is 0 Å². The molecule has 18 heavy (non-hydrogen) atoms. The van der Waals surface area contributed by atoms with Gasteiger partial charge in [0.1, 0.15) is 0 Å². The topological polar surface area (TPSA) is 33.1 Å². The molecule has 1 atom stereocenters. The summed E-state index contributed by atoms with van der Waals surface area (Å²) >= 11 is 0. The maximum atomic E-state index is 4.31. The largest absolute Gasteiger partial charge is 0.333 e. The average molecular weight is 248 g/mol. The quantitative estimate of drug-likeness (QED) is 0.828. The second kappa shape index (κ2) is 5.41. The summed E-state index contributed by atoms with van der Waals surface area (Å²) in [5, 5.41) is 3.57. The van der Waals surface area contributed by atoms with Gasteiger partial charge in [0, 0.05) is 31.9 Å². The molecule has 0 radical (unpaired) electrons. The van der Waals surface area contributed by atoms with Crippen molar-refractivity contribution in [3.63, 3.8) is 0 Å². The van der Waals surface area contributed by atoms with E-state index in [2.05, 4.69) is 26.7 Å². The summed E-state index contributed by atoms with van der Waals surface area (Å²) in [6.07, 6.45) is 8.05. The summed E-state index contributed by atoms with van der Waals surface area (Å²) < 4.78 is 2.35. The standard InChI is InChI=1S/C14H24N4/c1-2-17-6-5-12(9-17)10-18-11-15-7-14(18)8-16-13-3-4-13/h7,11-13,16H,2-6,8-10H2,1H3. The van der Waals surface area contributed by atoms with Crippen LogP contribution in [0.25, 0.3) is 0 Å². The molecule has 0 aromatic carbocycles. The van der Waals surface area contributed by atoms with Gasteiger partial charge in [0.05, 0.1) is 12.0 Å². The fraction of sp³-hybridized carbons (Fsp3) is 0.786. The molecule has 1 saturated carbocycles. The number of hydrogen-bond acceptors (Lipinski definition) is 3. The molecule has 0 bridgehead atoms. The van der Waals surface area contributed by atoms with Crippen molar-refractivity contribution >= 4 is 0 Å². The summed E-state index contributed by atoms with van der Waals surface area (Å²) in [6.45, 7) is 8.09. The zero-order chi connectivity index (χ0) is 12.4. The molecule has 2 fully saturated rings. The molecule has 4 nitrogen and oxygen atoms in total. The van der Waals surface area contributed by atoms with Crippen LogP contribution in [-0.4, -0.2) is 40.1 Å². The SMILES string of the molecule is CCN1CCC(Cn2cncc2CNC2CC2)C1. The van der Waals surface area contributed by atoms with E-state index in [1.165, 1.54) is 44.6 Å². The normalized spacial score (nSPS) is 24.8. The summed E-state index contributed by atoms with van der Waals surface area (Å²) in [5.41, 5.74) is 1.34. The first-order valence-electron chi connectivity index (χ1n) is 7.30. The van der Waals surface area contributed by atoms with Crippen LogP contribution in [-0.2, 0) is 13.1 Å². The number of hydrogen-bond donors (Lipinski definition) is 1. The van der Waals surface area contributed by atoms with Crippen molar-refractivity contribution in [1.29, 1.82) is 0 Å². The van der Waals surface area contributed by atoms with E-state index in [-0.39, 0.29) is 0 Å². The lowest BCUT2D eigenvalue weighted by molar-refractivity contribution is 0.331. The lowest BCUT2D eigenvalue weighted by Crippen LogP contribution is -2.23. The van der Waals surface area contributed by atoms with Gasteiger partial charge in [-0.15, -0.1) is 0 Å². The van der Waals surface area contributed by atoms with Crippen molar-refractivity contribution in [2.24, 2.45) is 5.92 Å². The molecule has 1 aromatic rings. The second-order valence-electron chi connectivity index (χ2n) is 5.74. The van der Waals surface area contributed by atoms with Crippen molar-refractivity contribution in [1.82, 2.24) is 19.8 Å². The van der Waals surface area contributed by atoms with Crippen LogP contribution >= 0.6 is 0 Å². The van der Waals surface area contributed by atoms with E-state index in [4.69, 9.17) is 0 Å². The highest BCUT2D eigenvalue weighted by Crippen LogP contribution is 2.20. The number of imidazole rings is 1. The number of rotatable bonds is 6. The maximum absolute atomic E-state index is 4.31. The lowest BCUT2D eigenvalue weighted by atomic mass is 10.1. The van der Waals surface area contributed by atoms with E-state index in [9.17, 15) is 0 Å². The first-order chi connectivity index (χ1) is 8.85. The Morgan fingerprint density at radius 1 is 1.39 bits per heavy atom. The van der Waals surface area contributed by atoms with Crippen LogP contribution in [0, 0.1) is 5.92 Å². The van der Waals surface area contributed by atoms with Crippen molar-refractivity contribution in [3.8, 4) is 0 Å². The zero-order valence-corrected chi connectivity index (χ0v) is 11.3. The highest BCUT2D eigenvalue weighted by molar-refractivity contribution is 5.00. The predicted octanol–water partition coefficient (Wildman–Crippen LogP) is 1.48. The molecule has 2 aliphatic rings. The van der Waals surface area contributed by atoms with Crippen molar-refractivity contribution < 1.29 is 0 Å². The number of aromatic nitrogens is 2. The highest BCUT2D eigenvalue weighted by Gasteiger charge is 2.23. The molecule has 1 saturated heterocycles. The monoisotopic (exact) mass is 248 g/mol. The molecule has 2 heterocycles. The van der Waals surface area contributed by atoms with Gasteiger partial charge < -0.3 is 14.8 Å². The third-order valence-corrected chi connectivity index (χ3v) is 4.22. The van der Waals surface area contributed by atoms with E-state index in [0.717, 1.165) is 25.0 Å². The highest BCUT2D eigenvalue weighted by atomic mass is 15.2. The van der Waals surface area contributed by atoms with E-state index >= 15 is 0 Å². The number of nitrogens with one attached hydrogen (secondary N) is 1. The van der Waals surface area contributed by atoms with Gasteiger partial charge in [0.25, 0.3) is 0 Å². The summed E-state index contributed by atoms with van der Waals surface area (Å²) in [5.74, 6) is 0.804. The zero-order valence-electron chi connectivity index (χ0n) is 11.3. The Bertz CT molecular complexity index is 383. The van der Waals surface area contributed by atoms with Gasteiger partial charge in [-0.05, 0) is 38.3 Å². The Kier molecular flexibility index (Phi) is 3.66. The Morgan fingerprint density at radius 3 is 3.00 bits per heavy atom. The second-order valence-corrected chi connectivity index (χ2v) is 5.74. The third-order valence-electron chi connectivity index (χ3n) is 4.22. The van der Waals surface area contributed by atoms with Crippen LogP contribution in [0.1, 0.15) is 31.9 Å². The average Bonchev–Trinajstić information content (AvgIpc) is 2.93. The fourth-order valence-corrected chi connectivity index (χ4v) is 2.82. The molecule has 1 aliphatic heterocycles. The van der Waals surface area contributed by atoms with E-state index < -0.39 is 0 Å². The Morgan fingerprint density at radius 2 is 2.28 bits per heavy atom. The van der Waals surface area contributed by atoms with E-state index in [1.54, 1.807) is 0 Å². The minimum Gasteiger partial charge on any atom is -0.333 e. The molecular weight excluding hydrogens is 224 g/mol. The molecular formula is C14H24N4. The molecule has 1 unspecified atom stereocenters. The molecule has 0 amide bonds. The molecule has 3 rings (SSSR count). The van der Waals surface area contributed by atoms with Gasteiger partial charge in [-0.2, -0.15) is 0 Å². The van der Waals surface area contributed by atoms with Gasteiger partial charge in [-0.3, -0.25) is 0 Å². The van der Waals surface area contributed by atoms with Crippen LogP contribution in [0.3, 0.4) is 0 Å². The molecule has 1 aliphatic carbocycles. The smallest absolute Gasteiger partial charge is 0.0948 e. The number of nitrogens with zero attached hydrogens (tertiary/aromatic N) is 3. The Labute approximate surface area is 109 Å². The van der Waals surface area contributed by atoms with Crippen LogP contribution in [0.15, 0.2) is 12.5 Å². The van der Waals surface area contributed by atoms with E-state index in [1.807, 2.05) is 12.5 Å². The number of likely N-dealkylation sites (tertiary alicyclic amines) is 1. The van der Waals surface area contributed by atoms with Crippen molar-refractivity contribution in [2.45, 2.75) is 45.3 Å². The summed E-state index contributed by atoms with van der Waals surface area (Å²) in [4.78, 5) is 6.86. The van der Waals surface area contributed by atoms with Gasteiger partial charge >= 0.3 is 0 Å². The predicted molar refractivity (Wildman–Crippen MR) is 72.3 cm³/mol. The minimum absolute atomic E-state index is 0.774. The summed E-state index contributed by atoms with van der Waals surface area (Å²) in [7, 11) is 0. The molecule has 4 heteroatoms. The molecule has 1 N–H and O–H groups in total. The van der Waals surface area contributed by atoms with Crippen LogP contribution in [0.2, 0.25) is 0 Å². The van der Waals surface area contributed by atoms with Crippen LogP contribution in [0.5, 0.6) is 0 Å². The van der Waals surface area contributed by atoms with Crippen molar-refractivity contribution in [3.05, 3.63) is 18.2 Å². The summed E-state index contributed by atoms with van der Waals surface area (Å²) in [6, 6.07) is 0.774. The maximum Gasteiger partial charge on any atom is 0.0948 e. The van der Waals surface area contributed by atoms with Crippen molar-refractivity contribution in [2.75, 3.05) is 19.6 Å².